The molecule has 0 spiro atoms. The van der Waals surface area contributed by atoms with Gasteiger partial charge >= 0.3 is 5.91 Å². The van der Waals surface area contributed by atoms with Crippen molar-refractivity contribution in [2.24, 2.45) is 0 Å². The van der Waals surface area contributed by atoms with E-state index in [9.17, 15) is 18.8 Å². The maximum absolute atomic E-state index is 14.1. The van der Waals surface area contributed by atoms with Crippen LogP contribution in [-0.2, 0) is 16.0 Å². The Labute approximate surface area is 222 Å². The number of pyridine rings is 1. The summed E-state index contributed by atoms with van der Waals surface area (Å²) in [6.45, 7) is 3.86. The Morgan fingerprint density at radius 1 is 0.974 bits per heavy atom. The molecule has 4 heterocycles. The minimum absolute atomic E-state index is 0.0150. The molecule has 9 nitrogen and oxygen atoms in total. The molecule has 6 rings (SSSR count). The number of hydrogen-bond acceptors (Lipinski definition) is 5. The van der Waals surface area contributed by atoms with Crippen molar-refractivity contribution in [2.45, 2.75) is 26.7 Å². The molecule has 10 heteroatoms. The highest BCUT2D eigenvalue weighted by molar-refractivity contribution is 6.53. The lowest BCUT2D eigenvalue weighted by Gasteiger charge is -2.14. The van der Waals surface area contributed by atoms with Crippen LogP contribution >= 0.6 is 0 Å². The Hall–Kier alpha value is -4.99. The van der Waals surface area contributed by atoms with Gasteiger partial charge in [0, 0.05) is 23.4 Å². The monoisotopic (exact) mass is 527 g/mol. The molecular formula is C29H24FN4O5+. The molecule has 0 aliphatic carbocycles. The molecule has 0 atom stereocenters. The smallest absolute Gasteiger partial charge is 0.331 e. The minimum Gasteiger partial charge on any atom is -0.454 e. The van der Waals surface area contributed by atoms with E-state index in [1.54, 1.807) is 41.2 Å². The Balaban J connectivity index is 1.58. The lowest BCUT2D eigenvalue weighted by molar-refractivity contribution is -0.577. The van der Waals surface area contributed by atoms with Gasteiger partial charge in [-0.05, 0) is 55.8 Å². The van der Waals surface area contributed by atoms with Gasteiger partial charge in [-0.15, -0.1) is 0 Å². The maximum atomic E-state index is 14.1. The van der Waals surface area contributed by atoms with E-state index in [-0.39, 0.29) is 23.6 Å². The lowest BCUT2D eigenvalue weighted by atomic mass is 10.0. The number of hydrogen-bond donors (Lipinski definition) is 1. The number of carbonyl (C=O) groups excluding carboxylic acids is 2. The predicted octanol–water partition coefficient (Wildman–Crippen LogP) is 3.52. The van der Waals surface area contributed by atoms with E-state index in [4.69, 9.17) is 9.47 Å². The van der Waals surface area contributed by atoms with Gasteiger partial charge in [0.05, 0.1) is 16.9 Å². The van der Waals surface area contributed by atoms with Crippen LogP contribution in [0, 0.1) is 12.7 Å². The number of ether oxygens (including phenoxy) is 2. The topological polar surface area (TPSA) is 97.5 Å². The van der Waals surface area contributed by atoms with Gasteiger partial charge in [-0.1, -0.05) is 13.3 Å². The second kappa shape index (κ2) is 9.39. The number of benzene rings is 2. The summed E-state index contributed by atoms with van der Waals surface area (Å²) in [6, 6.07) is 13.9. The van der Waals surface area contributed by atoms with Crippen molar-refractivity contribution >= 4 is 28.8 Å². The number of aromatic nitrogens is 3. The number of nitrogens with zero attached hydrogens (tertiary/aromatic N) is 3. The average molecular weight is 528 g/mol. The molecule has 4 aromatic rings. The van der Waals surface area contributed by atoms with E-state index in [2.05, 4.69) is 5.10 Å². The zero-order valence-corrected chi connectivity index (χ0v) is 21.2. The van der Waals surface area contributed by atoms with Gasteiger partial charge in [-0.2, -0.15) is 4.57 Å². The number of rotatable bonds is 6. The van der Waals surface area contributed by atoms with Crippen LogP contribution in [0.1, 0.15) is 30.2 Å². The third-order valence-corrected chi connectivity index (χ3v) is 6.68. The first-order valence-electron chi connectivity index (χ1n) is 12.5. The van der Waals surface area contributed by atoms with Gasteiger partial charge in [0.25, 0.3) is 17.2 Å². The molecule has 2 aliphatic heterocycles. The van der Waals surface area contributed by atoms with Gasteiger partial charge in [0.2, 0.25) is 6.79 Å². The molecule has 2 amide bonds. The van der Waals surface area contributed by atoms with Gasteiger partial charge in [0.15, 0.2) is 23.9 Å². The zero-order chi connectivity index (χ0) is 27.3. The fourth-order valence-electron chi connectivity index (χ4n) is 4.92. The molecule has 2 aliphatic rings. The minimum atomic E-state index is -0.636. The van der Waals surface area contributed by atoms with Crippen LogP contribution in [0.5, 0.6) is 11.5 Å². The normalized spacial score (nSPS) is 14.6. The average Bonchev–Trinajstić information content (AvgIpc) is 3.58. The Bertz CT molecular complexity index is 1740. The van der Waals surface area contributed by atoms with Crippen molar-refractivity contribution in [2.75, 3.05) is 11.7 Å². The number of nitrogens with one attached hydrogen (secondary N) is 1. The van der Waals surface area contributed by atoms with E-state index in [0.29, 0.717) is 41.4 Å². The largest absolute Gasteiger partial charge is 0.454 e. The Kier molecular flexibility index (Phi) is 5.86. The number of anilines is 1. The third kappa shape index (κ3) is 4.01. The number of amides is 2. The molecule has 1 N–H and O–H groups in total. The van der Waals surface area contributed by atoms with Crippen molar-refractivity contribution in [1.29, 1.82) is 0 Å². The van der Waals surface area contributed by atoms with Crippen LogP contribution in [0.3, 0.4) is 0 Å². The first-order valence-corrected chi connectivity index (χ1v) is 12.5. The first kappa shape index (κ1) is 24.4. The van der Waals surface area contributed by atoms with E-state index < -0.39 is 23.2 Å². The Morgan fingerprint density at radius 2 is 1.72 bits per heavy atom. The summed E-state index contributed by atoms with van der Waals surface area (Å²) in [4.78, 5) is 43.1. The molecule has 0 unspecified atom stereocenters. The number of halogens is 1. The van der Waals surface area contributed by atoms with Crippen molar-refractivity contribution in [3.63, 3.8) is 0 Å². The Morgan fingerprint density at radius 3 is 2.46 bits per heavy atom. The molecule has 0 saturated carbocycles. The standard InChI is InChI=1S/C29H23FN4O5/c1-3-5-21-24(28(36)34(31-21)19-9-7-18(30)8-10-19)25-26(32-13-4-6-17(2)15-32)29(37)33(27(25)35)20-11-12-22-23(14-20)39-16-38-22/h4,6-15H,3,5,16H2,1-2H3/p+1. The number of H-pyrrole nitrogens is 1. The molecule has 2 aromatic heterocycles. The van der Waals surface area contributed by atoms with Gasteiger partial charge in [-0.3, -0.25) is 19.5 Å². The molecule has 2 aromatic carbocycles. The van der Waals surface area contributed by atoms with Crippen molar-refractivity contribution in [3.8, 4) is 17.2 Å². The lowest BCUT2D eigenvalue weighted by Crippen LogP contribution is -2.39. The SMILES string of the molecule is CCCc1[nH]n(-c2ccc(F)cc2)c(=O)c1C1=C([n+]2cccc(C)c2)C(=O)N(c2ccc3c(c2)OCO3)C1=O. The highest BCUT2D eigenvalue weighted by Gasteiger charge is 2.48. The van der Waals surface area contributed by atoms with Gasteiger partial charge < -0.3 is 9.47 Å². The van der Waals surface area contributed by atoms with Crippen LogP contribution in [0.25, 0.3) is 17.0 Å². The van der Waals surface area contributed by atoms with Crippen molar-refractivity contribution in [3.05, 3.63) is 100.0 Å². The van der Waals surface area contributed by atoms with E-state index in [1.807, 2.05) is 19.9 Å². The number of imide groups is 1. The van der Waals surface area contributed by atoms with Crippen LogP contribution in [-0.4, -0.2) is 28.4 Å². The summed E-state index contributed by atoms with van der Waals surface area (Å²) >= 11 is 0. The van der Waals surface area contributed by atoms with Gasteiger partial charge in [0.1, 0.15) is 11.4 Å². The summed E-state index contributed by atoms with van der Waals surface area (Å²) in [5, 5.41) is 3.09. The number of fused-ring (bicyclic) bond motifs is 1. The fourth-order valence-corrected chi connectivity index (χ4v) is 4.92. The number of carbonyl (C=O) groups is 2. The highest BCUT2D eigenvalue weighted by Crippen LogP contribution is 2.39. The number of aromatic amines is 1. The van der Waals surface area contributed by atoms with E-state index in [0.717, 1.165) is 10.5 Å². The molecule has 0 bridgehead atoms. The van der Waals surface area contributed by atoms with Crippen molar-refractivity contribution in [1.82, 2.24) is 9.78 Å². The van der Waals surface area contributed by atoms with E-state index in [1.165, 1.54) is 28.9 Å². The van der Waals surface area contributed by atoms with Gasteiger partial charge in [-0.25, -0.2) is 14.0 Å². The predicted molar refractivity (Wildman–Crippen MR) is 140 cm³/mol. The van der Waals surface area contributed by atoms with Crippen LogP contribution < -0.4 is 24.5 Å². The fraction of sp³-hybridized carbons (Fsp3) is 0.172. The van der Waals surface area contributed by atoms with Crippen LogP contribution in [0.4, 0.5) is 10.1 Å². The summed E-state index contributed by atoms with van der Waals surface area (Å²) in [6.07, 6.45) is 4.51. The van der Waals surface area contributed by atoms with E-state index >= 15 is 0 Å². The summed E-state index contributed by atoms with van der Waals surface area (Å²) in [5.74, 6) is -0.733. The second-order valence-electron chi connectivity index (χ2n) is 9.33. The molecular weight excluding hydrogens is 503 g/mol. The highest BCUT2D eigenvalue weighted by atomic mass is 19.1. The molecule has 196 valence electrons. The third-order valence-electron chi connectivity index (χ3n) is 6.68. The van der Waals surface area contributed by atoms with Crippen molar-refractivity contribution < 1.29 is 28.0 Å². The summed E-state index contributed by atoms with van der Waals surface area (Å²) in [5.41, 5.74) is 1.69. The van der Waals surface area contributed by atoms with Crippen LogP contribution in [0.2, 0.25) is 0 Å². The summed E-state index contributed by atoms with van der Waals surface area (Å²) < 4.78 is 27.3. The molecule has 0 fully saturated rings. The molecule has 0 radical (unpaired) electrons. The summed E-state index contributed by atoms with van der Waals surface area (Å²) in [7, 11) is 0. The maximum Gasteiger partial charge on any atom is 0.331 e. The van der Waals surface area contributed by atoms with Crippen LogP contribution in [0.15, 0.2) is 71.8 Å². The quantitative estimate of drug-likeness (QED) is 0.306. The second-order valence-corrected chi connectivity index (χ2v) is 9.33. The zero-order valence-electron chi connectivity index (χ0n) is 21.2. The molecule has 0 saturated heterocycles. The number of aryl methyl sites for hydroxylation is 2. The molecule has 39 heavy (non-hydrogen) atoms. The first-order chi connectivity index (χ1) is 18.9.